The normalized spacial score (nSPS) is 10.2. The molecule has 2 amide bonds. The Kier molecular flexibility index (Phi) is 5.86. The predicted octanol–water partition coefficient (Wildman–Crippen LogP) is 2.48. The molecule has 0 aliphatic heterocycles. The SMILES string of the molecule is CC(=O)N(CCC(=O)N(C)c1ccccc1)Cc1cccnc1. The quantitative estimate of drug-likeness (QED) is 0.823. The van der Waals surface area contributed by atoms with E-state index in [0.29, 0.717) is 13.1 Å². The highest BCUT2D eigenvalue weighted by atomic mass is 16.2. The van der Waals surface area contributed by atoms with Crippen LogP contribution in [0.3, 0.4) is 0 Å². The topological polar surface area (TPSA) is 53.5 Å². The second-order valence-corrected chi connectivity index (χ2v) is 5.34. The van der Waals surface area contributed by atoms with Crippen molar-refractivity contribution in [1.29, 1.82) is 0 Å². The molecule has 0 spiro atoms. The van der Waals surface area contributed by atoms with E-state index in [0.717, 1.165) is 11.3 Å². The molecule has 23 heavy (non-hydrogen) atoms. The van der Waals surface area contributed by atoms with Crippen molar-refractivity contribution >= 4 is 17.5 Å². The fraction of sp³-hybridized carbons (Fsp3) is 0.278. The number of carbonyl (C=O) groups is 2. The molecule has 1 heterocycles. The van der Waals surface area contributed by atoms with Crippen molar-refractivity contribution in [3.8, 4) is 0 Å². The third-order valence-electron chi connectivity index (χ3n) is 3.65. The van der Waals surface area contributed by atoms with Crippen LogP contribution in [0.2, 0.25) is 0 Å². The molecule has 0 saturated heterocycles. The summed E-state index contributed by atoms with van der Waals surface area (Å²) in [6.07, 6.45) is 3.71. The van der Waals surface area contributed by atoms with E-state index in [1.807, 2.05) is 42.5 Å². The van der Waals surface area contributed by atoms with Crippen molar-refractivity contribution in [2.75, 3.05) is 18.5 Å². The van der Waals surface area contributed by atoms with E-state index >= 15 is 0 Å². The summed E-state index contributed by atoms with van der Waals surface area (Å²) in [7, 11) is 1.75. The van der Waals surface area contributed by atoms with Gasteiger partial charge < -0.3 is 9.80 Å². The van der Waals surface area contributed by atoms with E-state index in [1.165, 1.54) is 6.92 Å². The number of aromatic nitrogens is 1. The number of anilines is 1. The fourth-order valence-corrected chi connectivity index (χ4v) is 2.25. The maximum Gasteiger partial charge on any atom is 0.228 e. The highest BCUT2D eigenvalue weighted by molar-refractivity contribution is 5.93. The van der Waals surface area contributed by atoms with Crippen molar-refractivity contribution < 1.29 is 9.59 Å². The van der Waals surface area contributed by atoms with Crippen LogP contribution in [0.1, 0.15) is 18.9 Å². The van der Waals surface area contributed by atoms with Gasteiger partial charge in [0.1, 0.15) is 0 Å². The van der Waals surface area contributed by atoms with Crippen LogP contribution in [0.25, 0.3) is 0 Å². The molecule has 0 fully saturated rings. The Bertz CT molecular complexity index is 644. The van der Waals surface area contributed by atoms with E-state index in [9.17, 15) is 9.59 Å². The average molecular weight is 311 g/mol. The first-order valence-corrected chi connectivity index (χ1v) is 7.54. The molecule has 0 aliphatic rings. The fourth-order valence-electron chi connectivity index (χ4n) is 2.25. The van der Waals surface area contributed by atoms with E-state index in [1.54, 1.807) is 29.2 Å². The molecule has 2 rings (SSSR count). The summed E-state index contributed by atoms with van der Waals surface area (Å²) in [6, 6.07) is 13.2. The Hall–Kier alpha value is -2.69. The van der Waals surface area contributed by atoms with Crippen molar-refractivity contribution in [3.05, 3.63) is 60.4 Å². The summed E-state index contributed by atoms with van der Waals surface area (Å²) < 4.78 is 0. The molecule has 2 aromatic rings. The standard InChI is InChI=1S/C18H21N3O2/c1-15(22)21(14-16-7-6-11-19-13-16)12-10-18(23)20(2)17-8-4-3-5-9-17/h3-9,11,13H,10,12,14H2,1-2H3. The Morgan fingerprint density at radius 2 is 1.83 bits per heavy atom. The number of hydrogen-bond donors (Lipinski definition) is 0. The molecule has 0 saturated carbocycles. The molecule has 0 N–H and O–H groups in total. The van der Waals surface area contributed by atoms with Crippen molar-refractivity contribution in [1.82, 2.24) is 9.88 Å². The first-order valence-electron chi connectivity index (χ1n) is 7.54. The number of carbonyl (C=O) groups excluding carboxylic acids is 2. The van der Waals surface area contributed by atoms with E-state index in [4.69, 9.17) is 0 Å². The maximum absolute atomic E-state index is 12.3. The number of para-hydroxylation sites is 1. The highest BCUT2D eigenvalue weighted by Crippen LogP contribution is 2.13. The number of benzene rings is 1. The summed E-state index contributed by atoms with van der Waals surface area (Å²) in [4.78, 5) is 31.4. The van der Waals surface area contributed by atoms with E-state index in [-0.39, 0.29) is 18.2 Å². The second kappa shape index (κ2) is 8.08. The van der Waals surface area contributed by atoms with Crippen LogP contribution in [0.15, 0.2) is 54.9 Å². The minimum absolute atomic E-state index is 0.0198. The molecule has 1 aromatic carbocycles. The van der Waals surface area contributed by atoms with E-state index < -0.39 is 0 Å². The first kappa shape index (κ1) is 16.7. The van der Waals surface area contributed by atoms with Crippen molar-refractivity contribution in [2.24, 2.45) is 0 Å². The summed E-state index contributed by atoms with van der Waals surface area (Å²) in [5.41, 5.74) is 1.80. The van der Waals surface area contributed by atoms with Gasteiger partial charge in [-0.15, -0.1) is 0 Å². The van der Waals surface area contributed by atoms with Crippen LogP contribution in [-0.4, -0.2) is 35.3 Å². The van der Waals surface area contributed by atoms with Crippen molar-refractivity contribution in [3.63, 3.8) is 0 Å². The largest absolute Gasteiger partial charge is 0.338 e. The average Bonchev–Trinajstić information content (AvgIpc) is 2.59. The summed E-state index contributed by atoms with van der Waals surface area (Å²) in [5.74, 6) is -0.0716. The van der Waals surface area contributed by atoms with E-state index in [2.05, 4.69) is 4.98 Å². The molecule has 1 aromatic heterocycles. The number of hydrogen-bond acceptors (Lipinski definition) is 3. The molecule has 5 nitrogen and oxygen atoms in total. The monoisotopic (exact) mass is 311 g/mol. The van der Waals surface area contributed by atoms with Gasteiger partial charge in [0.2, 0.25) is 11.8 Å². The van der Waals surface area contributed by atoms with Gasteiger partial charge in [-0.1, -0.05) is 24.3 Å². The summed E-state index contributed by atoms with van der Waals surface area (Å²) in [5, 5.41) is 0. The molecule has 120 valence electrons. The van der Waals surface area contributed by atoms with Gasteiger partial charge in [0.25, 0.3) is 0 Å². The lowest BCUT2D eigenvalue weighted by Crippen LogP contribution is -2.34. The van der Waals surface area contributed by atoms with Crippen LogP contribution < -0.4 is 4.90 Å². The lowest BCUT2D eigenvalue weighted by atomic mass is 10.2. The number of rotatable bonds is 6. The van der Waals surface area contributed by atoms with Crippen LogP contribution >= 0.6 is 0 Å². The molecule has 0 aliphatic carbocycles. The van der Waals surface area contributed by atoms with Crippen LogP contribution in [0, 0.1) is 0 Å². The highest BCUT2D eigenvalue weighted by Gasteiger charge is 2.15. The lowest BCUT2D eigenvalue weighted by Gasteiger charge is -2.23. The lowest BCUT2D eigenvalue weighted by molar-refractivity contribution is -0.130. The molecular weight excluding hydrogens is 290 g/mol. The molecule has 0 radical (unpaired) electrons. The minimum atomic E-state index is -0.0518. The molecule has 0 atom stereocenters. The molecule has 0 unspecified atom stereocenters. The first-order chi connectivity index (χ1) is 11.1. The van der Waals surface area contributed by atoms with Gasteiger partial charge in [0.15, 0.2) is 0 Å². The van der Waals surface area contributed by atoms with Gasteiger partial charge in [0.05, 0.1) is 0 Å². The Morgan fingerprint density at radius 3 is 2.43 bits per heavy atom. The van der Waals surface area contributed by atoms with Crippen LogP contribution in [0.5, 0.6) is 0 Å². The van der Waals surface area contributed by atoms with Gasteiger partial charge >= 0.3 is 0 Å². The van der Waals surface area contributed by atoms with Crippen molar-refractivity contribution in [2.45, 2.75) is 19.9 Å². The van der Waals surface area contributed by atoms with Gasteiger partial charge in [-0.25, -0.2) is 0 Å². The van der Waals surface area contributed by atoms with Gasteiger partial charge in [-0.05, 0) is 23.8 Å². The Morgan fingerprint density at radius 1 is 1.09 bits per heavy atom. The minimum Gasteiger partial charge on any atom is -0.338 e. The zero-order chi connectivity index (χ0) is 16.7. The van der Waals surface area contributed by atoms with Gasteiger partial charge in [-0.2, -0.15) is 0 Å². The summed E-state index contributed by atoms with van der Waals surface area (Å²) in [6.45, 7) is 2.37. The predicted molar refractivity (Wildman–Crippen MR) is 89.8 cm³/mol. The molecular formula is C18H21N3O2. The van der Waals surface area contributed by atoms with Gasteiger partial charge in [0, 0.05) is 51.6 Å². The molecule has 0 bridgehead atoms. The zero-order valence-electron chi connectivity index (χ0n) is 13.5. The number of pyridine rings is 1. The van der Waals surface area contributed by atoms with Crippen LogP contribution in [-0.2, 0) is 16.1 Å². The molecule has 5 heteroatoms. The zero-order valence-corrected chi connectivity index (χ0v) is 13.5. The Balaban J connectivity index is 1.93. The third kappa shape index (κ3) is 4.92. The maximum atomic E-state index is 12.3. The number of nitrogens with zero attached hydrogens (tertiary/aromatic N) is 3. The Labute approximate surface area is 136 Å². The number of amides is 2. The van der Waals surface area contributed by atoms with Crippen LogP contribution in [0.4, 0.5) is 5.69 Å². The summed E-state index contributed by atoms with van der Waals surface area (Å²) >= 11 is 0. The van der Waals surface area contributed by atoms with Gasteiger partial charge in [-0.3, -0.25) is 14.6 Å². The smallest absolute Gasteiger partial charge is 0.228 e. The third-order valence-corrected chi connectivity index (χ3v) is 3.65. The second-order valence-electron chi connectivity index (χ2n) is 5.34.